The van der Waals surface area contributed by atoms with Crippen LogP contribution in [0.5, 0.6) is 11.5 Å². The van der Waals surface area contributed by atoms with Crippen molar-refractivity contribution in [2.45, 2.75) is 51.6 Å². The number of nitrogens with zero attached hydrogens (tertiary/aromatic N) is 2. The zero-order valence-corrected chi connectivity index (χ0v) is 25.1. The van der Waals surface area contributed by atoms with Gasteiger partial charge in [0.25, 0.3) is 10.0 Å². The molecule has 1 N–H and O–H groups in total. The predicted molar refractivity (Wildman–Crippen MR) is 160 cm³/mol. The van der Waals surface area contributed by atoms with Crippen molar-refractivity contribution in [1.82, 2.24) is 10.2 Å². The maximum atomic E-state index is 14.0. The molecule has 0 unspecified atom stereocenters. The number of rotatable bonds is 14. The minimum atomic E-state index is -4.14. The van der Waals surface area contributed by atoms with Crippen LogP contribution in [0.15, 0.2) is 77.7 Å². The molecule has 0 spiro atoms. The van der Waals surface area contributed by atoms with E-state index in [4.69, 9.17) is 9.47 Å². The molecule has 3 aromatic rings. The summed E-state index contributed by atoms with van der Waals surface area (Å²) in [7, 11) is -2.59. The van der Waals surface area contributed by atoms with Gasteiger partial charge in [-0.25, -0.2) is 8.42 Å². The Hall–Kier alpha value is -4.05. The van der Waals surface area contributed by atoms with Crippen LogP contribution in [0.2, 0.25) is 0 Å². The second kappa shape index (κ2) is 14.5. The van der Waals surface area contributed by atoms with Gasteiger partial charge < -0.3 is 19.7 Å². The Bertz CT molecular complexity index is 1410. The lowest BCUT2D eigenvalue weighted by molar-refractivity contribution is -0.139. The molecular formula is C31H39N3O6S. The Balaban J connectivity index is 2.03. The molecule has 0 aliphatic rings. The average molecular weight is 582 g/mol. The molecule has 1 atom stereocenters. The first kappa shape index (κ1) is 31.5. The van der Waals surface area contributed by atoms with Gasteiger partial charge in [-0.05, 0) is 81.3 Å². The van der Waals surface area contributed by atoms with Crippen LogP contribution in [0.1, 0.15) is 38.3 Å². The van der Waals surface area contributed by atoms with Crippen molar-refractivity contribution < 1.29 is 27.5 Å². The number of hydrogen-bond donors (Lipinski definition) is 1. The van der Waals surface area contributed by atoms with Crippen molar-refractivity contribution in [3.05, 3.63) is 83.9 Å². The van der Waals surface area contributed by atoms with Crippen molar-refractivity contribution in [3.63, 3.8) is 0 Å². The van der Waals surface area contributed by atoms with Crippen LogP contribution in [-0.4, -0.2) is 58.0 Å². The fourth-order valence-electron chi connectivity index (χ4n) is 4.19. The predicted octanol–water partition coefficient (Wildman–Crippen LogP) is 4.54. The first-order valence-corrected chi connectivity index (χ1v) is 15.1. The van der Waals surface area contributed by atoms with E-state index in [0.717, 1.165) is 21.9 Å². The number of carbonyl (C=O) groups excluding carboxylic acids is 2. The van der Waals surface area contributed by atoms with E-state index in [2.05, 4.69) is 5.32 Å². The van der Waals surface area contributed by atoms with Crippen LogP contribution in [0.25, 0.3) is 0 Å². The first-order chi connectivity index (χ1) is 19.6. The van der Waals surface area contributed by atoms with E-state index < -0.39 is 28.5 Å². The van der Waals surface area contributed by atoms with Crippen LogP contribution in [0.4, 0.5) is 5.69 Å². The summed E-state index contributed by atoms with van der Waals surface area (Å²) >= 11 is 0. The minimum Gasteiger partial charge on any atom is -0.497 e. The lowest BCUT2D eigenvalue weighted by atomic mass is 10.1. The van der Waals surface area contributed by atoms with E-state index in [9.17, 15) is 18.0 Å². The Labute approximate surface area is 243 Å². The fourth-order valence-corrected chi connectivity index (χ4v) is 5.60. The van der Waals surface area contributed by atoms with Crippen molar-refractivity contribution in [1.29, 1.82) is 0 Å². The molecule has 220 valence electrons. The molecule has 0 aliphatic heterocycles. The summed E-state index contributed by atoms with van der Waals surface area (Å²) in [6, 6.07) is 19.3. The van der Waals surface area contributed by atoms with E-state index in [0.29, 0.717) is 30.3 Å². The molecule has 0 radical (unpaired) electrons. The first-order valence-electron chi connectivity index (χ1n) is 13.6. The molecule has 0 saturated heterocycles. The van der Waals surface area contributed by atoms with Gasteiger partial charge >= 0.3 is 0 Å². The zero-order valence-electron chi connectivity index (χ0n) is 24.3. The summed E-state index contributed by atoms with van der Waals surface area (Å²) in [6.07, 6.45) is 0.739. The van der Waals surface area contributed by atoms with Crippen molar-refractivity contribution in [3.8, 4) is 11.5 Å². The van der Waals surface area contributed by atoms with E-state index in [1.165, 1.54) is 17.0 Å². The third kappa shape index (κ3) is 8.23. The van der Waals surface area contributed by atoms with Gasteiger partial charge in [0.05, 0.1) is 24.3 Å². The number of aryl methyl sites for hydroxylation is 1. The van der Waals surface area contributed by atoms with Crippen LogP contribution in [0, 0.1) is 6.92 Å². The van der Waals surface area contributed by atoms with Gasteiger partial charge in [-0.15, -0.1) is 0 Å². The minimum absolute atomic E-state index is 0.0536. The molecular weight excluding hydrogens is 542 g/mol. The second-order valence-electron chi connectivity index (χ2n) is 9.59. The van der Waals surface area contributed by atoms with E-state index >= 15 is 0 Å². The molecule has 3 aromatic carbocycles. The van der Waals surface area contributed by atoms with Gasteiger partial charge in [0.2, 0.25) is 11.8 Å². The summed E-state index contributed by atoms with van der Waals surface area (Å²) in [4.78, 5) is 28.4. The largest absolute Gasteiger partial charge is 0.497 e. The molecule has 9 nitrogen and oxygen atoms in total. The molecule has 41 heavy (non-hydrogen) atoms. The van der Waals surface area contributed by atoms with Crippen LogP contribution < -0.4 is 19.1 Å². The Morgan fingerprint density at radius 2 is 1.63 bits per heavy atom. The highest BCUT2D eigenvalue weighted by atomic mass is 32.2. The Morgan fingerprint density at radius 1 is 0.951 bits per heavy atom. The number of hydrogen-bond acceptors (Lipinski definition) is 6. The molecule has 0 aliphatic carbocycles. The summed E-state index contributed by atoms with van der Waals surface area (Å²) in [5.41, 5.74) is 1.94. The normalized spacial score (nSPS) is 11.8. The van der Waals surface area contributed by atoms with Crippen LogP contribution in [0.3, 0.4) is 0 Å². The zero-order chi connectivity index (χ0) is 30.0. The fraction of sp³-hybridized carbons (Fsp3) is 0.355. The van der Waals surface area contributed by atoms with E-state index in [1.54, 1.807) is 68.6 Å². The molecule has 3 rings (SSSR count). The third-order valence-corrected chi connectivity index (χ3v) is 8.32. The molecule has 0 aromatic heterocycles. The molecule has 2 amide bonds. The smallest absolute Gasteiger partial charge is 0.264 e. The Morgan fingerprint density at radius 3 is 2.24 bits per heavy atom. The van der Waals surface area contributed by atoms with Gasteiger partial charge in [0.1, 0.15) is 24.1 Å². The number of sulfonamides is 1. The number of amides is 2. The van der Waals surface area contributed by atoms with Crippen molar-refractivity contribution in [2.24, 2.45) is 0 Å². The molecule has 0 heterocycles. The number of carbonyl (C=O) groups is 2. The van der Waals surface area contributed by atoms with Gasteiger partial charge in [-0.1, -0.05) is 36.8 Å². The quantitative estimate of drug-likeness (QED) is 0.300. The highest BCUT2D eigenvalue weighted by molar-refractivity contribution is 7.92. The monoisotopic (exact) mass is 581 g/mol. The van der Waals surface area contributed by atoms with Crippen molar-refractivity contribution >= 4 is 27.5 Å². The standard InChI is InChI=1S/C31H39N3O6S/c1-6-19-32-31(36)24(4)33(21-25-9-8-10-28(20-25)39-5)30(35)22-34(26-13-15-27(16-14-26)40-7-2)41(37,38)29-17-11-23(3)12-18-29/h8-18,20,24H,6-7,19,21-22H2,1-5H3,(H,32,36)/t24-/m0/s1. The van der Waals surface area contributed by atoms with Gasteiger partial charge in [-0.3, -0.25) is 13.9 Å². The van der Waals surface area contributed by atoms with E-state index in [-0.39, 0.29) is 17.3 Å². The molecule has 0 fully saturated rings. The highest BCUT2D eigenvalue weighted by Gasteiger charge is 2.32. The topological polar surface area (TPSA) is 105 Å². The summed E-state index contributed by atoms with van der Waals surface area (Å²) < 4.78 is 39.8. The van der Waals surface area contributed by atoms with E-state index in [1.807, 2.05) is 26.8 Å². The van der Waals surface area contributed by atoms with Crippen molar-refractivity contribution in [2.75, 3.05) is 31.1 Å². The average Bonchev–Trinajstić information content (AvgIpc) is 2.97. The Kier molecular flexibility index (Phi) is 11.2. The maximum absolute atomic E-state index is 14.0. The number of anilines is 1. The number of nitrogens with one attached hydrogen (secondary N) is 1. The SMILES string of the molecule is CCCNC(=O)[C@H](C)N(Cc1cccc(OC)c1)C(=O)CN(c1ccc(OCC)cc1)S(=O)(=O)c1ccc(C)cc1. The van der Waals surface area contributed by atoms with Gasteiger partial charge in [0.15, 0.2) is 0 Å². The summed E-state index contributed by atoms with van der Waals surface area (Å²) in [5, 5.41) is 2.84. The summed E-state index contributed by atoms with van der Waals surface area (Å²) in [5.74, 6) is 0.334. The molecule has 0 bridgehead atoms. The van der Waals surface area contributed by atoms with Gasteiger partial charge in [0, 0.05) is 13.1 Å². The lowest BCUT2D eigenvalue weighted by Crippen LogP contribution is -2.51. The van der Waals surface area contributed by atoms with Crippen LogP contribution >= 0.6 is 0 Å². The molecule has 0 saturated carbocycles. The highest BCUT2D eigenvalue weighted by Crippen LogP contribution is 2.27. The third-order valence-electron chi connectivity index (χ3n) is 6.53. The summed E-state index contributed by atoms with van der Waals surface area (Å²) in [6.45, 7) is 7.79. The van der Waals surface area contributed by atoms with Crippen LogP contribution in [-0.2, 0) is 26.2 Å². The number of benzene rings is 3. The lowest BCUT2D eigenvalue weighted by Gasteiger charge is -2.32. The maximum Gasteiger partial charge on any atom is 0.264 e. The van der Waals surface area contributed by atoms with Gasteiger partial charge in [-0.2, -0.15) is 0 Å². The number of ether oxygens (including phenoxy) is 2. The second-order valence-corrected chi connectivity index (χ2v) is 11.5. The number of methoxy groups -OCH3 is 1. The molecule has 10 heteroatoms.